The number of anilines is 1. The van der Waals surface area contributed by atoms with Crippen molar-refractivity contribution in [3.05, 3.63) is 35.8 Å². The Morgan fingerprint density at radius 2 is 1.90 bits per heavy atom. The van der Waals surface area contributed by atoms with Gasteiger partial charge in [0.25, 0.3) is 0 Å². The molecule has 0 fully saturated rings. The summed E-state index contributed by atoms with van der Waals surface area (Å²) in [4.78, 5) is 7.53. The molecule has 0 bridgehead atoms. The maximum atomic E-state index is 13.3. The Morgan fingerprint density at radius 3 is 2.50 bits per heavy atom. The molecule has 2 N–H and O–H groups in total. The number of aryl methyl sites for hydroxylation is 1. The molecule has 1 aromatic heterocycles. The molecule has 0 unspecified atom stereocenters. The van der Waals surface area contributed by atoms with Crippen molar-refractivity contribution in [1.29, 1.82) is 0 Å². The Labute approximate surface area is 111 Å². The summed E-state index contributed by atoms with van der Waals surface area (Å²) in [6.07, 6.45) is -4.79. The molecule has 0 aliphatic heterocycles. The van der Waals surface area contributed by atoms with E-state index in [0.717, 1.165) is 12.1 Å². The predicted molar refractivity (Wildman–Crippen MR) is 63.3 cm³/mol. The first kappa shape index (κ1) is 14.0. The van der Waals surface area contributed by atoms with E-state index in [4.69, 9.17) is 5.73 Å². The van der Waals surface area contributed by atoms with Gasteiger partial charge in [-0.05, 0) is 19.1 Å². The zero-order chi connectivity index (χ0) is 14.9. The average molecular weight is 287 g/mol. The number of benzene rings is 1. The smallest absolute Gasteiger partial charge is 0.406 e. The Kier molecular flexibility index (Phi) is 3.47. The number of ether oxygens (including phenoxy) is 1. The first-order valence-corrected chi connectivity index (χ1v) is 5.42. The highest BCUT2D eigenvalue weighted by molar-refractivity contribution is 5.59. The number of nitrogen functional groups attached to an aromatic ring is 1. The molecule has 0 aliphatic rings. The van der Waals surface area contributed by atoms with Gasteiger partial charge in [0.1, 0.15) is 5.75 Å². The average Bonchev–Trinajstić information content (AvgIpc) is 2.33. The second-order valence-corrected chi connectivity index (χ2v) is 3.91. The third-order valence-electron chi connectivity index (χ3n) is 2.37. The fourth-order valence-electron chi connectivity index (χ4n) is 1.54. The summed E-state index contributed by atoms with van der Waals surface area (Å²) in [7, 11) is 0. The van der Waals surface area contributed by atoms with Gasteiger partial charge in [0, 0.05) is 5.56 Å². The normalized spacial score (nSPS) is 11.4. The molecule has 0 radical (unpaired) electrons. The molecule has 0 saturated heterocycles. The van der Waals surface area contributed by atoms with Crippen LogP contribution in [0.2, 0.25) is 0 Å². The standard InChI is InChI=1S/C12H9F4N3O/c1-6-9(13)10(17)19-11(18-6)7-3-2-4-8(5-7)20-12(14,15)16/h2-5H,1H3,(H2,17,18,19). The summed E-state index contributed by atoms with van der Waals surface area (Å²) < 4.78 is 53.5. The molecule has 0 aliphatic carbocycles. The van der Waals surface area contributed by atoms with Crippen molar-refractivity contribution in [2.45, 2.75) is 13.3 Å². The Bertz CT molecular complexity index is 620. The van der Waals surface area contributed by atoms with Crippen molar-refractivity contribution in [3.63, 3.8) is 0 Å². The number of nitrogens with two attached hydrogens (primary N) is 1. The van der Waals surface area contributed by atoms with Gasteiger partial charge in [0.2, 0.25) is 0 Å². The van der Waals surface area contributed by atoms with Crippen molar-refractivity contribution in [3.8, 4) is 17.1 Å². The topological polar surface area (TPSA) is 61.0 Å². The molecule has 2 aromatic rings. The van der Waals surface area contributed by atoms with Gasteiger partial charge in [-0.15, -0.1) is 13.2 Å². The summed E-state index contributed by atoms with van der Waals surface area (Å²) in [6, 6.07) is 5.04. The van der Waals surface area contributed by atoms with Crippen LogP contribution in [-0.4, -0.2) is 16.3 Å². The minimum Gasteiger partial charge on any atom is -0.406 e. The second kappa shape index (κ2) is 4.95. The van der Waals surface area contributed by atoms with Gasteiger partial charge in [-0.25, -0.2) is 14.4 Å². The number of nitrogens with zero attached hydrogens (tertiary/aromatic N) is 2. The minimum absolute atomic E-state index is 0.00893. The number of hydrogen-bond acceptors (Lipinski definition) is 4. The lowest BCUT2D eigenvalue weighted by Gasteiger charge is -2.10. The van der Waals surface area contributed by atoms with E-state index in [1.807, 2.05) is 0 Å². The zero-order valence-corrected chi connectivity index (χ0v) is 10.2. The van der Waals surface area contributed by atoms with Crippen LogP contribution in [0.25, 0.3) is 11.4 Å². The van der Waals surface area contributed by atoms with E-state index in [1.54, 1.807) is 0 Å². The van der Waals surface area contributed by atoms with E-state index in [1.165, 1.54) is 19.1 Å². The van der Waals surface area contributed by atoms with Crippen molar-refractivity contribution < 1.29 is 22.3 Å². The van der Waals surface area contributed by atoms with E-state index >= 15 is 0 Å². The monoisotopic (exact) mass is 287 g/mol. The van der Waals surface area contributed by atoms with E-state index < -0.39 is 17.9 Å². The van der Waals surface area contributed by atoms with E-state index in [-0.39, 0.29) is 22.9 Å². The van der Waals surface area contributed by atoms with Gasteiger partial charge in [-0.1, -0.05) is 12.1 Å². The lowest BCUT2D eigenvalue weighted by molar-refractivity contribution is -0.274. The zero-order valence-electron chi connectivity index (χ0n) is 10.2. The summed E-state index contributed by atoms with van der Waals surface area (Å²) in [5, 5.41) is 0. The first-order chi connectivity index (χ1) is 9.26. The van der Waals surface area contributed by atoms with Crippen molar-refractivity contribution in [2.24, 2.45) is 0 Å². The van der Waals surface area contributed by atoms with Gasteiger partial charge in [-0.3, -0.25) is 0 Å². The Balaban J connectivity index is 2.41. The van der Waals surface area contributed by atoms with Crippen molar-refractivity contribution in [2.75, 3.05) is 5.73 Å². The molecule has 8 heteroatoms. The van der Waals surface area contributed by atoms with Crippen molar-refractivity contribution >= 4 is 5.82 Å². The molecular formula is C12H9F4N3O. The summed E-state index contributed by atoms with van der Waals surface area (Å²) in [6.45, 7) is 1.38. The van der Waals surface area contributed by atoms with Gasteiger partial charge in [0.15, 0.2) is 17.5 Å². The lowest BCUT2D eigenvalue weighted by atomic mass is 10.2. The third kappa shape index (κ3) is 3.14. The number of aromatic nitrogens is 2. The van der Waals surface area contributed by atoms with Crippen LogP contribution < -0.4 is 10.5 Å². The SMILES string of the molecule is Cc1nc(-c2cccc(OC(F)(F)F)c2)nc(N)c1F. The summed E-state index contributed by atoms with van der Waals surface area (Å²) in [5.74, 6) is -1.51. The summed E-state index contributed by atoms with van der Waals surface area (Å²) >= 11 is 0. The number of halogens is 4. The molecular weight excluding hydrogens is 278 g/mol. The highest BCUT2D eigenvalue weighted by atomic mass is 19.4. The fraction of sp³-hybridized carbons (Fsp3) is 0.167. The Hall–Kier alpha value is -2.38. The number of alkyl halides is 3. The molecule has 2 rings (SSSR count). The van der Waals surface area contributed by atoms with Crippen LogP contribution in [0, 0.1) is 12.7 Å². The van der Waals surface area contributed by atoms with Crippen LogP contribution in [0.5, 0.6) is 5.75 Å². The Morgan fingerprint density at radius 1 is 1.20 bits per heavy atom. The van der Waals surface area contributed by atoms with Crippen LogP contribution in [0.3, 0.4) is 0 Å². The molecule has 0 spiro atoms. The van der Waals surface area contributed by atoms with Gasteiger partial charge in [-0.2, -0.15) is 0 Å². The van der Waals surface area contributed by atoms with Crippen LogP contribution in [0.1, 0.15) is 5.69 Å². The quantitative estimate of drug-likeness (QED) is 0.862. The molecule has 4 nitrogen and oxygen atoms in total. The fourth-order valence-corrected chi connectivity index (χ4v) is 1.54. The highest BCUT2D eigenvalue weighted by Crippen LogP contribution is 2.27. The maximum Gasteiger partial charge on any atom is 0.573 e. The molecule has 0 atom stereocenters. The lowest BCUT2D eigenvalue weighted by Crippen LogP contribution is -2.17. The molecule has 20 heavy (non-hydrogen) atoms. The van der Waals surface area contributed by atoms with Crippen LogP contribution in [-0.2, 0) is 0 Å². The largest absolute Gasteiger partial charge is 0.573 e. The summed E-state index contributed by atoms with van der Waals surface area (Å²) in [5.41, 5.74) is 5.61. The van der Waals surface area contributed by atoms with E-state index in [9.17, 15) is 17.6 Å². The minimum atomic E-state index is -4.79. The predicted octanol–water partition coefficient (Wildman–Crippen LogP) is 3.07. The molecule has 0 saturated carbocycles. The van der Waals surface area contributed by atoms with Crippen LogP contribution >= 0.6 is 0 Å². The second-order valence-electron chi connectivity index (χ2n) is 3.91. The third-order valence-corrected chi connectivity index (χ3v) is 2.37. The maximum absolute atomic E-state index is 13.3. The molecule has 1 aromatic carbocycles. The number of rotatable bonds is 2. The van der Waals surface area contributed by atoms with Crippen molar-refractivity contribution in [1.82, 2.24) is 9.97 Å². The molecule has 106 valence electrons. The molecule has 0 amide bonds. The van der Waals surface area contributed by atoms with Gasteiger partial charge in [0.05, 0.1) is 5.69 Å². The number of hydrogen-bond donors (Lipinski definition) is 1. The van der Waals surface area contributed by atoms with Crippen LogP contribution in [0.4, 0.5) is 23.4 Å². The van der Waals surface area contributed by atoms with Gasteiger partial charge < -0.3 is 10.5 Å². The van der Waals surface area contributed by atoms with E-state index in [2.05, 4.69) is 14.7 Å². The highest BCUT2D eigenvalue weighted by Gasteiger charge is 2.31. The van der Waals surface area contributed by atoms with Gasteiger partial charge >= 0.3 is 6.36 Å². The van der Waals surface area contributed by atoms with Crippen LogP contribution in [0.15, 0.2) is 24.3 Å². The first-order valence-electron chi connectivity index (χ1n) is 5.42. The van der Waals surface area contributed by atoms with E-state index in [0.29, 0.717) is 0 Å². The molecule has 1 heterocycles.